The van der Waals surface area contributed by atoms with Gasteiger partial charge in [0.15, 0.2) is 0 Å². The highest BCUT2D eigenvalue weighted by Crippen LogP contribution is 2.16. The molecule has 31 heavy (non-hydrogen) atoms. The number of hydrogen-bond donors (Lipinski definition) is 0. The van der Waals surface area contributed by atoms with Gasteiger partial charge in [0, 0.05) is 0 Å². The summed E-state index contributed by atoms with van der Waals surface area (Å²) in [6.07, 6.45) is 6.42. The molecule has 1 atom stereocenters. The lowest BCUT2D eigenvalue weighted by Crippen LogP contribution is -2.19. The predicted octanol–water partition coefficient (Wildman–Crippen LogP) is 6.17. The highest BCUT2D eigenvalue weighted by molar-refractivity contribution is 6.14. The molecule has 4 heteroatoms. The van der Waals surface area contributed by atoms with Crippen LogP contribution in [0.1, 0.15) is 51.2 Å². The van der Waals surface area contributed by atoms with E-state index in [2.05, 4.69) is 26.8 Å². The molecule has 0 spiro atoms. The number of rotatable bonds is 11. The first-order chi connectivity index (χ1) is 15.0. The van der Waals surface area contributed by atoms with Gasteiger partial charge in [-0.2, -0.15) is 0 Å². The molecule has 2 aromatic rings. The third-order valence-corrected chi connectivity index (χ3v) is 4.80. The van der Waals surface area contributed by atoms with Crippen molar-refractivity contribution >= 4 is 11.9 Å². The molecule has 0 unspecified atom stereocenters. The van der Waals surface area contributed by atoms with Crippen LogP contribution in [0.4, 0.5) is 0 Å². The summed E-state index contributed by atoms with van der Waals surface area (Å²) < 4.78 is 10.8. The molecule has 0 amide bonds. The fourth-order valence-electron chi connectivity index (χ4n) is 2.95. The van der Waals surface area contributed by atoms with Crippen LogP contribution in [0.15, 0.2) is 84.0 Å². The van der Waals surface area contributed by atoms with Crippen LogP contribution >= 0.6 is 0 Å². The quantitative estimate of drug-likeness (QED) is 0.143. The topological polar surface area (TPSA) is 52.6 Å². The molecular formula is C27H32O4. The maximum absolute atomic E-state index is 12.7. The third kappa shape index (κ3) is 9.47. The number of carbonyl (C=O) groups is 2. The van der Waals surface area contributed by atoms with Crippen molar-refractivity contribution in [3.63, 3.8) is 0 Å². The Morgan fingerprint density at radius 2 is 1.29 bits per heavy atom. The molecule has 0 fully saturated rings. The minimum Gasteiger partial charge on any atom is -0.457 e. The van der Waals surface area contributed by atoms with Crippen LogP contribution in [0, 0.1) is 5.92 Å². The fourth-order valence-corrected chi connectivity index (χ4v) is 2.95. The molecule has 4 nitrogen and oxygen atoms in total. The zero-order chi connectivity index (χ0) is 22.5. The van der Waals surface area contributed by atoms with Gasteiger partial charge in [-0.3, -0.25) is 0 Å². The van der Waals surface area contributed by atoms with E-state index in [0.717, 1.165) is 24.0 Å². The molecule has 2 rings (SSSR count). The molecule has 0 saturated carbocycles. The first kappa shape index (κ1) is 24.1. The average molecular weight is 421 g/mol. The molecule has 0 radical (unpaired) electrons. The van der Waals surface area contributed by atoms with Gasteiger partial charge < -0.3 is 9.47 Å². The van der Waals surface area contributed by atoms with Gasteiger partial charge in [-0.05, 0) is 50.2 Å². The van der Waals surface area contributed by atoms with E-state index >= 15 is 0 Å². The van der Waals surface area contributed by atoms with Crippen molar-refractivity contribution in [1.29, 1.82) is 0 Å². The Kier molecular flexibility index (Phi) is 10.3. The summed E-state index contributed by atoms with van der Waals surface area (Å²) in [6, 6.07) is 18.8. The average Bonchev–Trinajstić information content (AvgIpc) is 2.77. The highest BCUT2D eigenvalue weighted by atomic mass is 16.6. The standard InChI is InChI=1S/C27H32O4/c1-21(2)11-10-12-22(3)17-18-25(26(28)30-19-23-13-6-4-7-14-23)27(29)31-20-24-15-8-5-9-16-24/h4-9,11,13-16,18,22H,10,12,17,19-20H2,1-3H3/t22-/m1/s1. The van der Waals surface area contributed by atoms with Crippen molar-refractivity contribution in [3.05, 3.63) is 95.1 Å². The maximum Gasteiger partial charge on any atom is 0.345 e. The number of allylic oxidation sites excluding steroid dienone is 3. The van der Waals surface area contributed by atoms with Crippen molar-refractivity contribution in [2.75, 3.05) is 0 Å². The monoisotopic (exact) mass is 420 g/mol. The van der Waals surface area contributed by atoms with Gasteiger partial charge in [-0.25, -0.2) is 9.59 Å². The Morgan fingerprint density at radius 3 is 1.74 bits per heavy atom. The number of carbonyl (C=O) groups excluding carboxylic acids is 2. The summed E-state index contributed by atoms with van der Waals surface area (Å²) in [7, 11) is 0. The first-order valence-corrected chi connectivity index (χ1v) is 10.7. The molecule has 0 N–H and O–H groups in total. The Labute approximate surface area is 185 Å². The number of hydrogen-bond acceptors (Lipinski definition) is 4. The number of esters is 2. The van der Waals surface area contributed by atoms with Crippen molar-refractivity contribution in [2.24, 2.45) is 5.92 Å². The van der Waals surface area contributed by atoms with Gasteiger partial charge in [0.05, 0.1) is 0 Å². The lowest BCUT2D eigenvalue weighted by atomic mass is 9.99. The van der Waals surface area contributed by atoms with E-state index in [1.54, 1.807) is 6.08 Å². The van der Waals surface area contributed by atoms with E-state index < -0.39 is 11.9 Å². The van der Waals surface area contributed by atoms with Crippen LogP contribution in [0.5, 0.6) is 0 Å². The van der Waals surface area contributed by atoms with Crippen LogP contribution in [0.2, 0.25) is 0 Å². The Bertz CT molecular complexity index is 820. The molecule has 0 heterocycles. The Morgan fingerprint density at radius 1 is 0.806 bits per heavy atom. The van der Waals surface area contributed by atoms with E-state index in [1.165, 1.54) is 5.57 Å². The molecule has 164 valence electrons. The van der Waals surface area contributed by atoms with Gasteiger partial charge in [0.1, 0.15) is 18.8 Å². The summed E-state index contributed by atoms with van der Waals surface area (Å²) in [6.45, 7) is 6.48. The molecular weight excluding hydrogens is 388 g/mol. The second-order valence-corrected chi connectivity index (χ2v) is 7.94. The lowest BCUT2D eigenvalue weighted by Gasteiger charge is -2.11. The van der Waals surface area contributed by atoms with Gasteiger partial charge in [-0.1, -0.05) is 85.3 Å². The number of benzene rings is 2. The van der Waals surface area contributed by atoms with Crippen molar-refractivity contribution < 1.29 is 19.1 Å². The van der Waals surface area contributed by atoms with E-state index in [-0.39, 0.29) is 18.8 Å². The molecule has 0 aliphatic heterocycles. The summed E-state index contributed by atoms with van der Waals surface area (Å²) in [4.78, 5) is 25.4. The normalized spacial score (nSPS) is 11.2. The van der Waals surface area contributed by atoms with E-state index in [4.69, 9.17) is 9.47 Å². The van der Waals surface area contributed by atoms with Crippen molar-refractivity contribution in [1.82, 2.24) is 0 Å². The first-order valence-electron chi connectivity index (χ1n) is 10.7. The minimum absolute atomic E-state index is 0.0408. The zero-order valence-electron chi connectivity index (χ0n) is 18.7. The summed E-state index contributed by atoms with van der Waals surface area (Å²) >= 11 is 0. The van der Waals surface area contributed by atoms with Crippen LogP contribution in [-0.4, -0.2) is 11.9 Å². The maximum atomic E-state index is 12.7. The summed E-state index contributed by atoms with van der Waals surface area (Å²) in [5.41, 5.74) is 2.98. The second kappa shape index (κ2) is 13.2. The molecule has 0 saturated heterocycles. The Balaban J connectivity index is 2.02. The molecule has 2 aromatic carbocycles. The Hall–Kier alpha value is -3.14. The second-order valence-electron chi connectivity index (χ2n) is 7.94. The highest BCUT2D eigenvalue weighted by Gasteiger charge is 2.22. The van der Waals surface area contributed by atoms with E-state index in [0.29, 0.717) is 12.3 Å². The smallest absolute Gasteiger partial charge is 0.345 e. The predicted molar refractivity (Wildman–Crippen MR) is 123 cm³/mol. The van der Waals surface area contributed by atoms with Gasteiger partial charge in [0.2, 0.25) is 0 Å². The van der Waals surface area contributed by atoms with Gasteiger partial charge in [-0.15, -0.1) is 0 Å². The van der Waals surface area contributed by atoms with Crippen LogP contribution in [0.3, 0.4) is 0 Å². The van der Waals surface area contributed by atoms with Gasteiger partial charge in [0.25, 0.3) is 0 Å². The van der Waals surface area contributed by atoms with Crippen molar-refractivity contribution in [3.8, 4) is 0 Å². The molecule has 0 bridgehead atoms. The molecule has 0 aromatic heterocycles. The van der Waals surface area contributed by atoms with E-state index in [9.17, 15) is 9.59 Å². The SMILES string of the molecule is CC(C)=CCC[C@@H](C)CC=C(C(=O)OCc1ccccc1)C(=O)OCc1ccccc1. The van der Waals surface area contributed by atoms with Crippen LogP contribution in [0.25, 0.3) is 0 Å². The zero-order valence-corrected chi connectivity index (χ0v) is 18.7. The third-order valence-electron chi connectivity index (χ3n) is 4.80. The summed E-state index contributed by atoms with van der Waals surface area (Å²) in [5, 5.41) is 0. The molecule has 0 aliphatic carbocycles. The van der Waals surface area contributed by atoms with Crippen LogP contribution in [-0.2, 0) is 32.3 Å². The fraction of sp³-hybridized carbons (Fsp3) is 0.333. The number of ether oxygens (including phenoxy) is 2. The lowest BCUT2D eigenvalue weighted by molar-refractivity contribution is -0.148. The largest absolute Gasteiger partial charge is 0.457 e. The minimum atomic E-state index is -0.654. The van der Waals surface area contributed by atoms with Crippen LogP contribution < -0.4 is 0 Å². The van der Waals surface area contributed by atoms with Gasteiger partial charge >= 0.3 is 11.9 Å². The van der Waals surface area contributed by atoms with Crippen molar-refractivity contribution in [2.45, 2.75) is 53.2 Å². The van der Waals surface area contributed by atoms with E-state index in [1.807, 2.05) is 60.7 Å². The molecule has 0 aliphatic rings. The summed E-state index contributed by atoms with van der Waals surface area (Å²) in [5.74, 6) is -0.980.